The fraction of sp³-hybridized carbons (Fsp3) is 0.333. The summed E-state index contributed by atoms with van der Waals surface area (Å²) in [4.78, 5) is 6.55. The Bertz CT molecular complexity index is 957. The Balaban J connectivity index is 0.00000363. The molecule has 172 valence electrons. The van der Waals surface area contributed by atoms with Gasteiger partial charge in [-0.2, -0.15) is 5.10 Å². The third kappa shape index (κ3) is 6.96. The van der Waals surface area contributed by atoms with E-state index in [9.17, 15) is 0 Å². The van der Waals surface area contributed by atoms with E-state index in [1.165, 1.54) is 5.56 Å². The van der Waals surface area contributed by atoms with Crippen molar-refractivity contribution in [2.75, 3.05) is 41.3 Å². The van der Waals surface area contributed by atoms with Crippen LogP contribution in [0, 0.1) is 0 Å². The quantitative estimate of drug-likeness (QED) is 0.244. The molecule has 0 saturated carbocycles. The van der Waals surface area contributed by atoms with Gasteiger partial charge in [-0.3, -0.25) is 4.99 Å². The van der Waals surface area contributed by atoms with Crippen LogP contribution in [0.1, 0.15) is 17.2 Å². The molecule has 0 amide bonds. The zero-order chi connectivity index (χ0) is 22.1. The van der Waals surface area contributed by atoms with Crippen LogP contribution in [0.5, 0.6) is 5.75 Å². The van der Waals surface area contributed by atoms with E-state index < -0.39 is 0 Å². The fourth-order valence-corrected chi connectivity index (χ4v) is 3.49. The Morgan fingerprint density at radius 3 is 2.47 bits per heavy atom. The van der Waals surface area contributed by atoms with E-state index in [2.05, 4.69) is 70.1 Å². The molecule has 1 heterocycles. The maximum Gasteiger partial charge on any atom is 0.191 e. The minimum atomic E-state index is 0. The van der Waals surface area contributed by atoms with Gasteiger partial charge in [0.15, 0.2) is 5.96 Å². The third-order valence-electron chi connectivity index (χ3n) is 5.22. The lowest BCUT2D eigenvalue weighted by Gasteiger charge is -2.27. The van der Waals surface area contributed by atoms with Crippen molar-refractivity contribution in [2.45, 2.75) is 12.5 Å². The highest BCUT2D eigenvalue weighted by Crippen LogP contribution is 2.27. The molecule has 32 heavy (non-hydrogen) atoms. The van der Waals surface area contributed by atoms with E-state index in [1.807, 2.05) is 35.1 Å². The van der Waals surface area contributed by atoms with Crippen molar-refractivity contribution in [2.24, 2.45) is 4.99 Å². The van der Waals surface area contributed by atoms with Gasteiger partial charge in [-0.25, -0.2) is 4.68 Å². The SMILES string of the molecule is CN=C(NCCc1ccc(-n2cccn2)cc1)NCC(c1ccccc1OC)N(C)C.I. The molecule has 2 aromatic carbocycles. The number of halogens is 1. The van der Waals surface area contributed by atoms with Gasteiger partial charge < -0.3 is 20.3 Å². The van der Waals surface area contributed by atoms with E-state index >= 15 is 0 Å². The minimum Gasteiger partial charge on any atom is -0.496 e. The van der Waals surface area contributed by atoms with Crippen LogP contribution in [0.3, 0.4) is 0 Å². The molecular weight excluding hydrogens is 515 g/mol. The van der Waals surface area contributed by atoms with Crippen molar-refractivity contribution in [3.8, 4) is 11.4 Å². The maximum atomic E-state index is 5.55. The molecule has 1 atom stereocenters. The van der Waals surface area contributed by atoms with Gasteiger partial charge in [0.2, 0.25) is 0 Å². The molecule has 0 spiro atoms. The van der Waals surface area contributed by atoms with Crippen LogP contribution in [0.25, 0.3) is 5.69 Å². The Morgan fingerprint density at radius 1 is 1.09 bits per heavy atom. The van der Waals surface area contributed by atoms with Crippen molar-refractivity contribution in [1.29, 1.82) is 0 Å². The Morgan fingerprint density at radius 2 is 1.84 bits per heavy atom. The first-order chi connectivity index (χ1) is 15.1. The number of guanidine groups is 1. The van der Waals surface area contributed by atoms with Crippen LogP contribution in [0.4, 0.5) is 0 Å². The van der Waals surface area contributed by atoms with Crippen LogP contribution in [-0.4, -0.2) is 62.0 Å². The molecular formula is C24H33IN6O. The van der Waals surface area contributed by atoms with Crippen LogP contribution in [0.15, 0.2) is 72.0 Å². The smallest absolute Gasteiger partial charge is 0.191 e. The average molecular weight is 548 g/mol. The second-order valence-electron chi connectivity index (χ2n) is 7.47. The highest BCUT2D eigenvalue weighted by atomic mass is 127. The van der Waals surface area contributed by atoms with E-state index in [-0.39, 0.29) is 30.0 Å². The molecule has 0 radical (unpaired) electrons. The lowest BCUT2D eigenvalue weighted by atomic mass is 10.0. The van der Waals surface area contributed by atoms with Gasteiger partial charge in [0.25, 0.3) is 0 Å². The van der Waals surface area contributed by atoms with E-state index in [1.54, 1.807) is 20.4 Å². The number of nitrogens with one attached hydrogen (secondary N) is 2. The van der Waals surface area contributed by atoms with Crippen molar-refractivity contribution >= 4 is 29.9 Å². The summed E-state index contributed by atoms with van der Waals surface area (Å²) in [5.74, 6) is 1.68. The summed E-state index contributed by atoms with van der Waals surface area (Å²) in [5.41, 5.74) is 3.47. The average Bonchev–Trinajstić information content (AvgIpc) is 3.33. The summed E-state index contributed by atoms with van der Waals surface area (Å²) < 4.78 is 7.41. The van der Waals surface area contributed by atoms with Gasteiger partial charge >= 0.3 is 0 Å². The predicted molar refractivity (Wildman–Crippen MR) is 141 cm³/mol. The normalized spacial score (nSPS) is 12.2. The number of aromatic nitrogens is 2. The number of benzene rings is 2. The number of likely N-dealkylation sites (N-methyl/N-ethyl adjacent to an activating group) is 1. The molecule has 0 bridgehead atoms. The molecule has 8 heteroatoms. The first kappa shape index (κ1) is 25.7. The standard InChI is InChI=1S/C24H32N6O.HI/c1-25-24(27-18-22(29(2)3)21-8-5-6-9-23(21)31-4)26-16-14-19-10-12-20(13-11-19)30-17-7-15-28-30;/h5-13,15,17,22H,14,16,18H2,1-4H3,(H2,25,26,27);1H. The van der Waals surface area contributed by atoms with Gasteiger partial charge in [0.05, 0.1) is 18.8 Å². The zero-order valence-electron chi connectivity index (χ0n) is 19.2. The minimum absolute atomic E-state index is 0. The molecule has 0 saturated heterocycles. The number of nitrogens with zero attached hydrogens (tertiary/aromatic N) is 4. The van der Waals surface area contributed by atoms with Gasteiger partial charge in [-0.05, 0) is 50.3 Å². The molecule has 3 aromatic rings. The molecule has 0 aliphatic rings. The highest BCUT2D eigenvalue weighted by Gasteiger charge is 2.18. The summed E-state index contributed by atoms with van der Waals surface area (Å²) in [5, 5.41) is 11.1. The van der Waals surface area contributed by atoms with Gasteiger partial charge in [0.1, 0.15) is 5.75 Å². The van der Waals surface area contributed by atoms with Crippen molar-refractivity contribution in [3.63, 3.8) is 0 Å². The second-order valence-corrected chi connectivity index (χ2v) is 7.47. The number of hydrogen-bond donors (Lipinski definition) is 2. The molecule has 0 fully saturated rings. The Labute approximate surface area is 207 Å². The second kappa shape index (κ2) is 13.1. The van der Waals surface area contributed by atoms with Crippen molar-refractivity contribution < 1.29 is 4.74 Å². The van der Waals surface area contributed by atoms with E-state index in [0.29, 0.717) is 6.54 Å². The fourth-order valence-electron chi connectivity index (χ4n) is 3.49. The Kier molecular flexibility index (Phi) is 10.5. The van der Waals surface area contributed by atoms with Crippen LogP contribution in [-0.2, 0) is 6.42 Å². The lowest BCUT2D eigenvalue weighted by Crippen LogP contribution is -2.42. The van der Waals surface area contributed by atoms with Gasteiger partial charge in [0, 0.05) is 38.1 Å². The first-order valence-electron chi connectivity index (χ1n) is 10.4. The number of para-hydroxylation sites is 1. The highest BCUT2D eigenvalue weighted by molar-refractivity contribution is 14.0. The summed E-state index contributed by atoms with van der Waals surface area (Å²) >= 11 is 0. The number of rotatable bonds is 9. The molecule has 0 aliphatic heterocycles. The summed E-state index contributed by atoms with van der Waals surface area (Å²) in [6.07, 6.45) is 4.63. The largest absolute Gasteiger partial charge is 0.496 e. The summed E-state index contributed by atoms with van der Waals surface area (Å²) in [6, 6.07) is 18.7. The Hall–Kier alpha value is -2.59. The molecule has 3 rings (SSSR count). The van der Waals surface area contributed by atoms with Gasteiger partial charge in [-0.1, -0.05) is 30.3 Å². The lowest BCUT2D eigenvalue weighted by molar-refractivity contribution is 0.288. The van der Waals surface area contributed by atoms with Crippen LogP contribution >= 0.6 is 24.0 Å². The van der Waals surface area contributed by atoms with Crippen LogP contribution in [0.2, 0.25) is 0 Å². The maximum absolute atomic E-state index is 5.55. The number of hydrogen-bond acceptors (Lipinski definition) is 4. The van der Waals surface area contributed by atoms with Crippen LogP contribution < -0.4 is 15.4 Å². The van der Waals surface area contributed by atoms with E-state index in [4.69, 9.17) is 4.74 Å². The summed E-state index contributed by atoms with van der Waals surface area (Å²) in [7, 11) is 7.65. The van der Waals surface area contributed by atoms with Gasteiger partial charge in [-0.15, -0.1) is 24.0 Å². The number of methoxy groups -OCH3 is 1. The molecule has 7 nitrogen and oxygen atoms in total. The first-order valence-corrected chi connectivity index (χ1v) is 10.4. The summed E-state index contributed by atoms with van der Waals surface area (Å²) in [6.45, 7) is 1.51. The number of ether oxygens (including phenoxy) is 1. The molecule has 1 unspecified atom stereocenters. The van der Waals surface area contributed by atoms with Crippen molar-refractivity contribution in [3.05, 3.63) is 78.1 Å². The number of aliphatic imine (C=N–C) groups is 1. The van der Waals surface area contributed by atoms with Crippen molar-refractivity contribution in [1.82, 2.24) is 25.3 Å². The monoisotopic (exact) mass is 548 g/mol. The third-order valence-corrected chi connectivity index (χ3v) is 5.22. The molecule has 1 aromatic heterocycles. The zero-order valence-corrected chi connectivity index (χ0v) is 21.5. The van der Waals surface area contributed by atoms with E-state index in [0.717, 1.165) is 35.9 Å². The molecule has 0 aliphatic carbocycles. The molecule has 2 N–H and O–H groups in total. The topological polar surface area (TPSA) is 66.7 Å². The predicted octanol–water partition coefficient (Wildman–Crippen LogP) is 3.51.